The molecule has 0 spiro atoms. The summed E-state index contributed by atoms with van der Waals surface area (Å²) < 4.78 is 47.2. The van der Waals surface area contributed by atoms with Crippen LogP contribution in [0.1, 0.15) is 36.1 Å². The van der Waals surface area contributed by atoms with Gasteiger partial charge in [-0.1, -0.05) is 6.08 Å². The SMILES string of the molecule is CCOC1=CC(c2ncc(NC(=O)Nc3cc(-n4cnc(C)c4)cc(C(F)(F)F)c3)c(C)n2)=CCC1=O. The number of alkyl halides is 3. The number of benzene rings is 1. The number of aryl methyl sites for hydroxylation is 2. The lowest BCUT2D eigenvalue weighted by molar-refractivity contribution is -0.137. The quantitative estimate of drug-likeness (QED) is 0.469. The van der Waals surface area contributed by atoms with Gasteiger partial charge in [0.25, 0.3) is 0 Å². The van der Waals surface area contributed by atoms with E-state index in [4.69, 9.17) is 4.74 Å². The molecule has 12 heteroatoms. The average Bonchev–Trinajstić information content (AvgIpc) is 3.27. The second kappa shape index (κ2) is 10.2. The molecule has 0 saturated heterocycles. The van der Waals surface area contributed by atoms with Crippen molar-refractivity contribution in [3.63, 3.8) is 0 Å². The fraction of sp³-hybridized carbons (Fsp3) is 0.240. The summed E-state index contributed by atoms with van der Waals surface area (Å²) in [5, 5.41) is 4.99. The highest BCUT2D eigenvalue weighted by molar-refractivity contribution is 6.01. The highest BCUT2D eigenvalue weighted by Crippen LogP contribution is 2.33. The zero-order valence-electron chi connectivity index (χ0n) is 20.2. The van der Waals surface area contributed by atoms with Crippen LogP contribution in [-0.2, 0) is 15.7 Å². The van der Waals surface area contributed by atoms with Crippen LogP contribution < -0.4 is 10.6 Å². The molecule has 3 aromatic rings. The number of nitrogens with zero attached hydrogens (tertiary/aromatic N) is 4. The number of ketones is 1. The number of allylic oxidation sites excluding steroid dienone is 4. The number of rotatable bonds is 6. The van der Waals surface area contributed by atoms with Crippen LogP contribution in [0, 0.1) is 13.8 Å². The first-order valence-corrected chi connectivity index (χ1v) is 11.3. The molecule has 2 heterocycles. The minimum absolute atomic E-state index is 0.0607. The van der Waals surface area contributed by atoms with Gasteiger partial charge in [0.05, 0.1) is 41.8 Å². The minimum Gasteiger partial charge on any atom is -0.490 e. The van der Waals surface area contributed by atoms with Crippen molar-refractivity contribution in [2.75, 3.05) is 17.2 Å². The summed E-state index contributed by atoms with van der Waals surface area (Å²) in [5.74, 6) is 0.429. The molecular weight excluding hydrogens is 489 g/mol. The van der Waals surface area contributed by atoms with Crippen LogP contribution in [0.15, 0.2) is 54.8 Å². The highest BCUT2D eigenvalue weighted by atomic mass is 19.4. The molecular formula is C25H23F3N6O3. The van der Waals surface area contributed by atoms with E-state index in [-0.39, 0.29) is 35.0 Å². The molecule has 9 nitrogen and oxygen atoms in total. The van der Waals surface area contributed by atoms with Crippen LogP contribution >= 0.6 is 0 Å². The van der Waals surface area contributed by atoms with Gasteiger partial charge in [-0.05, 0) is 45.0 Å². The number of ether oxygens (including phenoxy) is 1. The molecule has 0 saturated carbocycles. The Bertz CT molecular complexity index is 1430. The summed E-state index contributed by atoms with van der Waals surface area (Å²) >= 11 is 0. The first-order chi connectivity index (χ1) is 17.5. The molecule has 192 valence electrons. The van der Waals surface area contributed by atoms with Crippen molar-refractivity contribution in [2.45, 2.75) is 33.4 Å². The smallest absolute Gasteiger partial charge is 0.416 e. The fourth-order valence-electron chi connectivity index (χ4n) is 3.59. The van der Waals surface area contributed by atoms with Gasteiger partial charge in [-0.15, -0.1) is 0 Å². The van der Waals surface area contributed by atoms with Crippen LogP contribution in [0.2, 0.25) is 0 Å². The van der Waals surface area contributed by atoms with Gasteiger partial charge >= 0.3 is 12.2 Å². The molecule has 1 aliphatic carbocycles. The van der Waals surface area contributed by atoms with Gasteiger partial charge in [-0.3, -0.25) is 4.79 Å². The van der Waals surface area contributed by atoms with E-state index in [0.29, 0.717) is 29.4 Å². The maximum absolute atomic E-state index is 13.5. The van der Waals surface area contributed by atoms with Crippen molar-refractivity contribution >= 4 is 28.8 Å². The van der Waals surface area contributed by atoms with Crippen molar-refractivity contribution in [3.8, 4) is 5.69 Å². The average molecular weight is 512 g/mol. The third-order valence-corrected chi connectivity index (χ3v) is 5.37. The first-order valence-electron chi connectivity index (χ1n) is 11.3. The number of hydrogen-bond acceptors (Lipinski definition) is 6. The van der Waals surface area contributed by atoms with Crippen LogP contribution in [-0.4, -0.2) is 37.9 Å². The zero-order chi connectivity index (χ0) is 26.7. The molecule has 37 heavy (non-hydrogen) atoms. The highest BCUT2D eigenvalue weighted by Gasteiger charge is 2.31. The van der Waals surface area contributed by atoms with E-state index in [2.05, 4.69) is 25.6 Å². The number of urea groups is 1. The van der Waals surface area contributed by atoms with Gasteiger partial charge in [0.1, 0.15) is 0 Å². The maximum atomic E-state index is 13.5. The molecule has 0 unspecified atom stereocenters. The number of nitrogens with one attached hydrogen (secondary N) is 2. The van der Waals surface area contributed by atoms with E-state index in [1.807, 2.05) is 0 Å². The van der Waals surface area contributed by atoms with E-state index >= 15 is 0 Å². The number of carbonyl (C=O) groups excluding carboxylic acids is 2. The van der Waals surface area contributed by atoms with Crippen LogP contribution in [0.4, 0.5) is 29.3 Å². The zero-order valence-corrected chi connectivity index (χ0v) is 20.2. The van der Waals surface area contributed by atoms with Gasteiger partial charge in [0.2, 0.25) is 5.78 Å². The van der Waals surface area contributed by atoms with Gasteiger partial charge in [0, 0.05) is 29.6 Å². The predicted octanol–water partition coefficient (Wildman–Crippen LogP) is 5.22. The van der Waals surface area contributed by atoms with Crippen LogP contribution in [0.3, 0.4) is 0 Å². The number of Topliss-reactive ketones (excluding diaryl/α,β-unsaturated/α-hetero) is 1. The largest absolute Gasteiger partial charge is 0.490 e. The van der Waals surface area contributed by atoms with E-state index in [9.17, 15) is 22.8 Å². The minimum atomic E-state index is -4.62. The molecule has 2 aromatic heterocycles. The molecule has 0 fully saturated rings. The predicted molar refractivity (Wildman–Crippen MR) is 130 cm³/mol. The molecule has 2 amide bonds. The number of aromatic nitrogens is 4. The van der Waals surface area contributed by atoms with Crippen molar-refractivity contribution in [2.24, 2.45) is 0 Å². The van der Waals surface area contributed by atoms with E-state index in [1.165, 1.54) is 23.2 Å². The van der Waals surface area contributed by atoms with Crippen LogP contribution in [0.25, 0.3) is 11.3 Å². The van der Waals surface area contributed by atoms with Gasteiger partial charge in [0.15, 0.2) is 11.6 Å². The molecule has 1 aromatic carbocycles. The third-order valence-electron chi connectivity index (χ3n) is 5.37. The normalized spacial score (nSPS) is 13.6. The Morgan fingerprint density at radius 3 is 2.59 bits per heavy atom. The first kappa shape index (κ1) is 25.6. The number of halogens is 3. The Balaban J connectivity index is 1.53. The summed E-state index contributed by atoms with van der Waals surface area (Å²) in [7, 11) is 0. The standard InChI is InChI=1S/C25H23F3N6O3/c1-4-37-22-7-16(5-6-21(22)35)23-29-11-20(15(3)31-23)33-24(36)32-18-8-17(25(26,27)28)9-19(10-18)34-12-14(2)30-13-34/h5,7-13H,4,6H2,1-3H3,(H2,32,33,36). The Morgan fingerprint density at radius 1 is 1.16 bits per heavy atom. The summed E-state index contributed by atoms with van der Waals surface area (Å²) in [5.41, 5.74) is 1.12. The molecule has 0 aliphatic heterocycles. The number of carbonyl (C=O) groups is 2. The summed E-state index contributed by atoms with van der Waals surface area (Å²) in [4.78, 5) is 37.2. The number of amides is 2. The van der Waals surface area contributed by atoms with E-state index in [1.54, 1.807) is 39.1 Å². The lowest BCUT2D eigenvalue weighted by Crippen LogP contribution is -2.21. The van der Waals surface area contributed by atoms with Crippen molar-refractivity contribution in [1.82, 2.24) is 19.5 Å². The second-order valence-electron chi connectivity index (χ2n) is 8.19. The van der Waals surface area contributed by atoms with E-state index < -0.39 is 17.8 Å². The molecule has 4 rings (SSSR count). The second-order valence-corrected chi connectivity index (χ2v) is 8.19. The Morgan fingerprint density at radius 2 is 1.95 bits per heavy atom. The summed E-state index contributed by atoms with van der Waals surface area (Å²) in [6, 6.07) is 2.45. The fourth-order valence-corrected chi connectivity index (χ4v) is 3.59. The Hall–Kier alpha value is -4.48. The molecule has 2 N–H and O–H groups in total. The summed E-state index contributed by atoms with van der Waals surface area (Å²) in [6.45, 7) is 5.48. The summed E-state index contributed by atoms with van der Waals surface area (Å²) in [6.07, 6.45) is 3.14. The third kappa shape index (κ3) is 6.02. The van der Waals surface area contributed by atoms with Crippen molar-refractivity contribution in [1.29, 1.82) is 0 Å². The molecule has 0 atom stereocenters. The molecule has 0 radical (unpaired) electrons. The Labute approximate surface area is 210 Å². The van der Waals surface area contributed by atoms with Crippen molar-refractivity contribution in [3.05, 3.63) is 77.6 Å². The maximum Gasteiger partial charge on any atom is 0.416 e. The Kier molecular flexibility index (Phi) is 7.09. The number of hydrogen-bond donors (Lipinski definition) is 2. The lowest BCUT2D eigenvalue weighted by Gasteiger charge is -2.15. The van der Waals surface area contributed by atoms with Gasteiger partial charge < -0.3 is 19.9 Å². The van der Waals surface area contributed by atoms with Gasteiger partial charge in [-0.25, -0.2) is 19.7 Å². The number of imidazole rings is 1. The molecule has 0 bridgehead atoms. The van der Waals surface area contributed by atoms with Crippen LogP contribution in [0.5, 0.6) is 0 Å². The van der Waals surface area contributed by atoms with Gasteiger partial charge in [-0.2, -0.15) is 13.2 Å². The van der Waals surface area contributed by atoms with Crippen molar-refractivity contribution < 1.29 is 27.5 Å². The lowest BCUT2D eigenvalue weighted by atomic mass is 10.0. The molecule has 1 aliphatic rings. The monoisotopic (exact) mass is 512 g/mol. The topological polar surface area (TPSA) is 111 Å². The van der Waals surface area contributed by atoms with E-state index in [0.717, 1.165) is 12.1 Å². The number of anilines is 2.